The molecule has 8 heteroatoms. The summed E-state index contributed by atoms with van der Waals surface area (Å²) in [4.78, 5) is 13.0. The van der Waals surface area contributed by atoms with Gasteiger partial charge in [-0.1, -0.05) is 23.8 Å². The highest BCUT2D eigenvalue weighted by atomic mass is 32.2. The maximum Gasteiger partial charge on any atom is 0.261 e. The molecule has 1 heterocycles. The van der Waals surface area contributed by atoms with Crippen LogP contribution in [0.25, 0.3) is 0 Å². The minimum atomic E-state index is -3.72. The summed E-state index contributed by atoms with van der Waals surface area (Å²) < 4.78 is 39.1. The molecule has 172 valence electrons. The van der Waals surface area contributed by atoms with Crippen molar-refractivity contribution in [3.63, 3.8) is 0 Å². The number of carbonyl (C=O) groups excluding carboxylic acids is 1. The van der Waals surface area contributed by atoms with Crippen LogP contribution in [0.2, 0.25) is 0 Å². The Morgan fingerprint density at radius 1 is 0.909 bits per heavy atom. The summed E-state index contributed by atoms with van der Waals surface area (Å²) in [5, 5.41) is 2.97. The summed E-state index contributed by atoms with van der Waals surface area (Å²) in [7, 11) is -3.72. The molecule has 33 heavy (non-hydrogen) atoms. The van der Waals surface area contributed by atoms with Gasteiger partial charge in [0, 0.05) is 5.56 Å². The number of sulfonamides is 1. The van der Waals surface area contributed by atoms with Crippen molar-refractivity contribution in [3.8, 4) is 11.5 Å². The van der Waals surface area contributed by atoms with Crippen LogP contribution in [0, 0.1) is 13.8 Å². The smallest absolute Gasteiger partial charge is 0.261 e. The first kappa shape index (κ1) is 22.7. The average molecular weight is 467 g/mol. The SMILES string of the molecule is Cc1ccc(S(=O)(=O)Nc2ccc(C(=O)NC(C)c3ccc4c(c3)OCCO4)cc2C)cc1. The van der Waals surface area contributed by atoms with Crippen LogP contribution in [0.4, 0.5) is 5.69 Å². The summed E-state index contributed by atoms with van der Waals surface area (Å²) in [6.07, 6.45) is 0. The minimum absolute atomic E-state index is 0.183. The Morgan fingerprint density at radius 2 is 1.61 bits per heavy atom. The van der Waals surface area contributed by atoms with Gasteiger partial charge >= 0.3 is 0 Å². The van der Waals surface area contributed by atoms with Gasteiger partial charge in [0.15, 0.2) is 11.5 Å². The summed E-state index contributed by atoms with van der Waals surface area (Å²) in [6, 6.07) is 16.8. The monoisotopic (exact) mass is 466 g/mol. The highest BCUT2D eigenvalue weighted by Gasteiger charge is 2.18. The van der Waals surface area contributed by atoms with E-state index < -0.39 is 10.0 Å². The lowest BCUT2D eigenvalue weighted by Crippen LogP contribution is -2.27. The number of fused-ring (bicyclic) bond motifs is 1. The highest BCUT2D eigenvalue weighted by Crippen LogP contribution is 2.32. The van der Waals surface area contributed by atoms with Gasteiger partial charge < -0.3 is 14.8 Å². The molecule has 1 aliphatic rings. The molecule has 1 atom stereocenters. The molecule has 0 aliphatic carbocycles. The van der Waals surface area contributed by atoms with E-state index in [1.54, 1.807) is 49.4 Å². The van der Waals surface area contributed by atoms with Crippen molar-refractivity contribution < 1.29 is 22.7 Å². The zero-order valence-corrected chi connectivity index (χ0v) is 19.5. The van der Waals surface area contributed by atoms with E-state index in [0.29, 0.717) is 41.5 Å². The lowest BCUT2D eigenvalue weighted by atomic mass is 10.1. The van der Waals surface area contributed by atoms with E-state index >= 15 is 0 Å². The Hall–Kier alpha value is -3.52. The van der Waals surface area contributed by atoms with Gasteiger partial charge in [-0.05, 0) is 74.4 Å². The van der Waals surface area contributed by atoms with Gasteiger partial charge in [-0.3, -0.25) is 9.52 Å². The van der Waals surface area contributed by atoms with Crippen molar-refractivity contribution in [2.24, 2.45) is 0 Å². The summed E-state index contributed by atoms with van der Waals surface area (Å²) in [5.41, 5.74) is 3.38. The molecule has 1 aliphatic heterocycles. The molecule has 0 saturated carbocycles. The predicted octanol–water partition coefficient (Wildman–Crippen LogP) is 4.37. The Labute approximate surface area is 193 Å². The molecule has 0 fully saturated rings. The number of anilines is 1. The number of nitrogens with one attached hydrogen (secondary N) is 2. The standard InChI is InChI=1S/C25H26N2O5S/c1-16-4-8-21(9-5-16)33(29,30)27-22-10-6-20(14-17(22)2)25(28)26-18(3)19-7-11-23-24(15-19)32-13-12-31-23/h4-11,14-15,18,27H,12-13H2,1-3H3,(H,26,28). The second-order valence-electron chi connectivity index (χ2n) is 8.05. The van der Waals surface area contributed by atoms with Gasteiger partial charge in [0.05, 0.1) is 16.6 Å². The second kappa shape index (κ2) is 9.15. The van der Waals surface area contributed by atoms with E-state index in [1.165, 1.54) is 0 Å². The van der Waals surface area contributed by atoms with Crippen molar-refractivity contribution in [2.75, 3.05) is 17.9 Å². The molecule has 3 aromatic carbocycles. The van der Waals surface area contributed by atoms with Crippen molar-refractivity contribution >= 4 is 21.6 Å². The molecule has 2 N–H and O–H groups in total. The van der Waals surface area contributed by atoms with E-state index in [2.05, 4.69) is 10.0 Å². The molecule has 0 radical (unpaired) electrons. The second-order valence-corrected chi connectivity index (χ2v) is 9.73. The third-order valence-electron chi connectivity index (χ3n) is 5.48. The normalized spacial score (nSPS) is 13.8. The Balaban J connectivity index is 1.46. The third kappa shape index (κ3) is 5.12. The fraction of sp³-hybridized carbons (Fsp3) is 0.240. The van der Waals surface area contributed by atoms with Crippen molar-refractivity contribution in [1.29, 1.82) is 0 Å². The van der Waals surface area contributed by atoms with Gasteiger partial charge in [0.25, 0.3) is 15.9 Å². The topological polar surface area (TPSA) is 93.7 Å². The van der Waals surface area contributed by atoms with Gasteiger partial charge in [-0.2, -0.15) is 0 Å². The van der Waals surface area contributed by atoms with Gasteiger partial charge in [-0.15, -0.1) is 0 Å². The quantitative estimate of drug-likeness (QED) is 0.563. The Bertz CT molecular complexity index is 1290. The number of hydrogen-bond acceptors (Lipinski definition) is 5. The predicted molar refractivity (Wildman–Crippen MR) is 126 cm³/mol. The number of carbonyl (C=O) groups is 1. The third-order valence-corrected chi connectivity index (χ3v) is 6.86. The molecule has 0 saturated heterocycles. The fourth-order valence-corrected chi connectivity index (χ4v) is 4.66. The molecule has 1 unspecified atom stereocenters. The largest absolute Gasteiger partial charge is 0.486 e. The van der Waals surface area contributed by atoms with Crippen molar-refractivity contribution in [1.82, 2.24) is 5.32 Å². The number of amides is 1. The van der Waals surface area contributed by atoms with Gasteiger partial charge in [0.2, 0.25) is 0 Å². The first-order chi connectivity index (χ1) is 15.7. The molecular formula is C25H26N2O5S. The zero-order chi connectivity index (χ0) is 23.6. The lowest BCUT2D eigenvalue weighted by Gasteiger charge is -2.21. The molecule has 0 spiro atoms. The first-order valence-corrected chi connectivity index (χ1v) is 12.1. The fourth-order valence-electron chi connectivity index (χ4n) is 3.53. The highest BCUT2D eigenvalue weighted by molar-refractivity contribution is 7.92. The van der Waals surface area contributed by atoms with E-state index in [0.717, 1.165) is 11.1 Å². The summed E-state index contributed by atoms with van der Waals surface area (Å²) in [6.45, 7) is 6.56. The number of rotatable bonds is 6. The van der Waals surface area contributed by atoms with Crippen LogP contribution in [0.15, 0.2) is 65.6 Å². The molecule has 3 aromatic rings. The van der Waals surface area contributed by atoms with Crippen LogP contribution in [-0.2, 0) is 10.0 Å². The number of benzene rings is 3. The molecule has 4 rings (SSSR count). The molecule has 0 bridgehead atoms. The molecule has 7 nitrogen and oxygen atoms in total. The van der Waals surface area contributed by atoms with E-state index in [4.69, 9.17) is 9.47 Å². The zero-order valence-electron chi connectivity index (χ0n) is 18.7. The van der Waals surface area contributed by atoms with Crippen LogP contribution in [0.3, 0.4) is 0 Å². The Morgan fingerprint density at radius 3 is 2.30 bits per heavy atom. The summed E-state index contributed by atoms with van der Waals surface area (Å²) in [5.74, 6) is 1.11. The van der Waals surface area contributed by atoms with Gasteiger partial charge in [0.1, 0.15) is 13.2 Å². The Kier molecular flexibility index (Phi) is 6.29. The van der Waals surface area contributed by atoms with E-state index in [-0.39, 0.29) is 16.8 Å². The molecular weight excluding hydrogens is 440 g/mol. The maximum atomic E-state index is 12.8. The average Bonchev–Trinajstić information content (AvgIpc) is 2.80. The maximum absolute atomic E-state index is 12.8. The summed E-state index contributed by atoms with van der Waals surface area (Å²) >= 11 is 0. The van der Waals surface area contributed by atoms with E-state index in [1.807, 2.05) is 32.0 Å². The number of ether oxygens (including phenoxy) is 2. The van der Waals surface area contributed by atoms with Crippen LogP contribution in [0.1, 0.15) is 40.0 Å². The van der Waals surface area contributed by atoms with Crippen LogP contribution in [0.5, 0.6) is 11.5 Å². The van der Waals surface area contributed by atoms with Crippen LogP contribution < -0.4 is 19.5 Å². The van der Waals surface area contributed by atoms with E-state index in [9.17, 15) is 13.2 Å². The minimum Gasteiger partial charge on any atom is -0.486 e. The molecule has 0 aromatic heterocycles. The van der Waals surface area contributed by atoms with Crippen molar-refractivity contribution in [2.45, 2.75) is 31.7 Å². The van der Waals surface area contributed by atoms with Crippen molar-refractivity contribution in [3.05, 3.63) is 82.9 Å². The molecule has 1 amide bonds. The van der Waals surface area contributed by atoms with Crippen LogP contribution >= 0.6 is 0 Å². The number of aryl methyl sites for hydroxylation is 2. The lowest BCUT2D eigenvalue weighted by molar-refractivity contribution is 0.0939. The van der Waals surface area contributed by atoms with Gasteiger partial charge in [-0.25, -0.2) is 8.42 Å². The first-order valence-electron chi connectivity index (χ1n) is 10.6. The van der Waals surface area contributed by atoms with Crippen LogP contribution in [-0.4, -0.2) is 27.5 Å². The number of hydrogen-bond donors (Lipinski definition) is 2.